The molecule has 0 saturated heterocycles. The van der Waals surface area contributed by atoms with Gasteiger partial charge in [-0.25, -0.2) is 0 Å². The maximum Gasteiger partial charge on any atom is 0.292 e. The molecule has 0 atom stereocenters. The van der Waals surface area contributed by atoms with Gasteiger partial charge in [-0.3, -0.25) is 0 Å². The maximum atomic E-state index is 8.67. The lowest BCUT2D eigenvalue weighted by molar-refractivity contribution is 0.0977. The van der Waals surface area contributed by atoms with E-state index in [1.54, 1.807) is 6.92 Å². The number of hydrogen-bond donors (Lipinski definition) is 1. The van der Waals surface area contributed by atoms with Gasteiger partial charge in [-0.2, -0.15) is 0 Å². The first kappa shape index (κ1) is 10.6. The Balaban J connectivity index is 2.94. The smallest absolute Gasteiger partial charge is 0.292 e. The summed E-state index contributed by atoms with van der Waals surface area (Å²) < 4.78 is 5.06. The van der Waals surface area contributed by atoms with Crippen LogP contribution in [0.4, 0.5) is 0 Å². The van der Waals surface area contributed by atoms with E-state index in [-0.39, 0.29) is 6.79 Å². The predicted molar refractivity (Wildman–Crippen MR) is 55.5 cm³/mol. The van der Waals surface area contributed by atoms with E-state index in [4.69, 9.17) is 9.84 Å². The molecule has 0 aromatic heterocycles. The molecule has 1 aromatic carbocycles. The van der Waals surface area contributed by atoms with E-state index in [0.29, 0.717) is 12.3 Å². The zero-order valence-electron chi connectivity index (χ0n) is 8.45. The SMILES string of the molecule is CC#[N+]Cc1cc(C)ccc1OCO. The number of hydrogen-bond acceptors (Lipinski definition) is 2. The number of aryl methyl sites for hydroxylation is 1. The van der Waals surface area contributed by atoms with Crippen LogP contribution in [0.5, 0.6) is 5.75 Å². The molecule has 1 aromatic rings. The van der Waals surface area contributed by atoms with Crippen LogP contribution in [0.25, 0.3) is 4.85 Å². The zero-order chi connectivity index (χ0) is 10.4. The number of aliphatic hydroxyl groups excluding tert-OH is 1. The molecule has 0 heterocycles. The number of benzene rings is 1. The van der Waals surface area contributed by atoms with Crippen molar-refractivity contribution >= 4 is 0 Å². The summed E-state index contributed by atoms with van der Waals surface area (Å²) in [5.41, 5.74) is 2.12. The second kappa shape index (κ2) is 5.25. The minimum atomic E-state index is -0.310. The number of nitrogens with zero attached hydrogens (tertiary/aromatic N) is 1. The third-order valence-electron chi connectivity index (χ3n) is 1.84. The van der Waals surface area contributed by atoms with Gasteiger partial charge in [0.1, 0.15) is 5.75 Å². The summed E-state index contributed by atoms with van der Waals surface area (Å²) in [5.74, 6) is 0.678. The number of aliphatic hydroxyl groups is 1. The molecule has 3 nitrogen and oxygen atoms in total. The van der Waals surface area contributed by atoms with Crippen LogP contribution in [-0.2, 0) is 6.54 Å². The van der Waals surface area contributed by atoms with Gasteiger partial charge in [-0.15, -0.1) is 0 Å². The molecule has 0 aliphatic heterocycles. The van der Waals surface area contributed by atoms with Crippen LogP contribution in [0, 0.1) is 13.0 Å². The minimum absolute atomic E-state index is 0.310. The van der Waals surface area contributed by atoms with Crippen LogP contribution in [0.1, 0.15) is 18.1 Å². The summed E-state index contributed by atoms with van der Waals surface area (Å²) in [6, 6.07) is 8.48. The van der Waals surface area contributed by atoms with Gasteiger partial charge >= 0.3 is 0 Å². The van der Waals surface area contributed by atoms with Crippen molar-refractivity contribution in [2.24, 2.45) is 0 Å². The first-order chi connectivity index (χ1) is 6.77. The van der Waals surface area contributed by atoms with Gasteiger partial charge in [0.2, 0.25) is 0 Å². The van der Waals surface area contributed by atoms with E-state index in [9.17, 15) is 0 Å². The molecule has 0 radical (unpaired) electrons. The Bertz CT molecular complexity index is 363. The summed E-state index contributed by atoms with van der Waals surface area (Å²) in [7, 11) is 0. The first-order valence-corrected chi connectivity index (χ1v) is 4.44. The molecule has 0 bridgehead atoms. The highest BCUT2D eigenvalue weighted by Crippen LogP contribution is 2.20. The summed E-state index contributed by atoms with van der Waals surface area (Å²) in [6.07, 6.45) is 0. The molecule has 0 saturated carbocycles. The van der Waals surface area contributed by atoms with Gasteiger partial charge in [0.05, 0.1) is 12.5 Å². The molecule has 0 amide bonds. The third-order valence-corrected chi connectivity index (χ3v) is 1.84. The largest absolute Gasteiger partial charge is 0.467 e. The van der Waals surface area contributed by atoms with Crippen molar-refractivity contribution in [2.45, 2.75) is 20.4 Å². The predicted octanol–water partition coefficient (Wildman–Crippen LogP) is 2.18. The van der Waals surface area contributed by atoms with Gasteiger partial charge in [0.25, 0.3) is 12.6 Å². The molecular formula is C11H14NO2+. The van der Waals surface area contributed by atoms with Crippen molar-refractivity contribution in [1.29, 1.82) is 0 Å². The second-order valence-electron chi connectivity index (χ2n) is 2.92. The molecule has 1 rings (SSSR count). The van der Waals surface area contributed by atoms with Gasteiger partial charge in [0.15, 0.2) is 6.79 Å². The lowest BCUT2D eigenvalue weighted by Gasteiger charge is -2.05. The fraction of sp³-hybridized carbons (Fsp3) is 0.364. The van der Waals surface area contributed by atoms with Crippen LogP contribution < -0.4 is 4.74 Å². The molecule has 0 aliphatic rings. The van der Waals surface area contributed by atoms with Crippen molar-refractivity contribution in [3.05, 3.63) is 34.2 Å². The Morgan fingerprint density at radius 2 is 2.29 bits per heavy atom. The quantitative estimate of drug-likeness (QED) is 0.745. The Hall–Kier alpha value is -1.53. The Kier molecular flexibility index (Phi) is 3.96. The highest BCUT2D eigenvalue weighted by molar-refractivity contribution is 5.37. The van der Waals surface area contributed by atoms with Gasteiger partial charge < -0.3 is 9.84 Å². The second-order valence-corrected chi connectivity index (χ2v) is 2.92. The first-order valence-electron chi connectivity index (χ1n) is 4.44. The van der Waals surface area contributed by atoms with Crippen LogP contribution in [-0.4, -0.2) is 11.9 Å². The Morgan fingerprint density at radius 1 is 1.50 bits per heavy atom. The summed E-state index contributed by atoms with van der Waals surface area (Å²) in [4.78, 5) is 4.01. The molecule has 74 valence electrons. The Labute approximate surface area is 83.8 Å². The van der Waals surface area contributed by atoms with Crippen LogP contribution in [0.15, 0.2) is 18.2 Å². The maximum absolute atomic E-state index is 8.67. The normalized spacial score (nSPS) is 9.07. The van der Waals surface area contributed by atoms with Crippen LogP contribution in [0.2, 0.25) is 0 Å². The van der Waals surface area contributed by atoms with E-state index in [1.165, 1.54) is 0 Å². The number of ether oxygens (including phenoxy) is 1. The average molecular weight is 192 g/mol. The van der Waals surface area contributed by atoms with Crippen molar-refractivity contribution in [2.75, 3.05) is 6.79 Å². The molecule has 14 heavy (non-hydrogen) atoms. The van der Waals surface area contributed by atoms with E-state index < -0.39 is 0 Å². The van der Waals surface area contributed by atoms with Crippen molar-refractivity contribution in [3.63, 3.8) is 0 Å². The van der Waals surface area contributed by atoms with Crippen LogP contribution in [0.3, 0.4) is 0 Å². The van der Waals surface area contributed by atoms with Gasteiger partial charge in [-0.05, 0) is 19.1 Å². The average Bonchev–Trinajstić information content (AvgIpc) is 2.18. The zero-order valence-corrected chi connectivity index (χ0v) is 8.45. The van der Waals surface area contributed by atoms with Crippen molar-refractivity contribution < 1.29 is 9.84 Å². The fourth-order valence-corrected chi connectivity index (χ4v) is 1.21. The summed E-state index contributed by atoms with van der Waals surface area (Å²) >= 11 is 0. The molecule has 0 unspecified atom stereocenters. The summed E-state index contributed by atoms with van der Waals surface area (Å²) in [5, 5.41) is 8.67. The summed E-state index contributed by atoms with van der Waals surface area (Å²) in [6.45, 7) is 3.98. The lowest BCUT2D eigenvalue weighted by atomic mass is 10.1. The van der Waals surface area contributed by atoms with E-state index in [0.717, 1.165) is 11.1 Å². The monoisotopic (exact) mass is 192 g/mol. The lowest BCUT2D eigenvalue weighted by Crippen LogP contribution is -1.98. The highest BCUT2D eigenvalue weighted by Gasteiger charge is 2.07. The van der Waals surface area contributed by atoms with Gasteiger partial charge in [0, 0.05) is 0 Å². The minimum Gasteiger partial charge on any atom is -0.467 e. The van der Waals surface area contributed by atoms with E-state index >= 15 is 0 Å². The highest BCUT2D eigenvalue weighted by atomic mass is 16.6. The van der Waals surface area contributed by atoms with E-state index in [2.05, 4.69) is 10.9 Å². The fourth-order valence-electron chi connectivity index (χ4n) is 1.21. The standard InChI is InChI=1S/C11H14NO2/c1-3-12-7-10-6-9(2)4-5-11(10)14-8-13/h4-6,13H,7-8H2,1-2H3/q+1. The van der Waals surface area contributed by atoms with Gasteiger partial charge in [-0.1, -0.05) is 16.5 Å². The third kappa shape index (κ3) is 2.75. The molecule has 0 spiro atoms. The molecular weight excluding hydrogens is 178 g/mol. The molecule has 3 heteroatoms. The molecule has 0 aliphatic carbocycles. The molecule has 0 fully saturated rings. The van der Waals surface area contributed by atoms with E-state index in [1.807, 2.05) is 25.1 Å². The van der Waals surface area contributed by atoms with Crippen molar-refractivity contribution in [3.8, 4) is 11.8 Å². The Morgan fingerprint density at radius 3 is 2.93 bits per heavy atom. The molecule has 1 N–H and O–H groups in total. The number of rotatable bonds is 3. The topological polar surface area (TPSA) is 33.8 Å². The van der Waals surface area contributed by atoms with Crippen molar-refractivity contribution in [1.82, 2.24) is 0 Å². The van der Waals surface area contributed by atoms with Crippen LogP contribution >= 0.6 is 0 Å².